The number of carbonyl (C=O) groups is 3. The minimum absolute atomic E-state index is 0.0697. The Morgan fingerprint density at radius 2 is 1.00 bits per heavy atom. The van der Waals surface area contributed by atoms with Crippen molar-refractivity contribution in [3.8, 4) is 22.5 Å². The number of fused-ring (bicyclic) bond motifs is 2. The Hall–Kier alpha value is -7.81. The minimum atomic E-state index is -1.00. The van der Waals surface area contributed by atoms with Crippen LogP contribution in [0.25, 0.3) is 44.6 Å². The largest absolute Gasteiger partial charge is 0.463 e. The molecule has 2 aliphatic carbocycles. The lowest BCUT2D eigenvalue weighted by Gasteiger charge is -2.32. The number of aromatic nitrogens is 10. The van der Waals surface area contributed by atoms with E-state index in [0.29, 0.717) is 49.3 Å². The SMILES string of the molecule is CC(=O)OC1CCC(n2c([C@@H]3CCC(=O)N3c3ccc(F)c(F)c3)nc3cc(-c4c(C)nnn4C)ccc32)CC1.Cc1nnn(C)c1-c1ccc2c(c1)nc([C@@H]1CCC(=O)N1c1ccc(F)c(F)c1)n2C1CCC(O)CC1. The fraction of sp³-hybridized carbons (Fsp3) is 0.411. The molecule has 4 aromatic carbocycles. The fourth-order valence-corrected chi connectivity index (χ4v) is 12.2. The predicted octanol–water partition coefficient (Wildman–Crippen LogP) is 10.1. The Morgan fingerprint density at radius 1 is 0.571 bits per heavy atom. The third-order valence-corrected chi connectivity index (χ3v) is 15.7. The van der Waals surface area contributed by atoms with Gasteiger partial charge in [0.15, 0.2) is 23.3 Å². The number of imidazole rings is 2. The number of aryl methyl sites for hydroxylation is 4. The van der Waals surface area contributed by atoms with Crippen LogP contribution in [-0.4, -0.2) is 84.2 Å². The Morgan fingerprint density at radius 3 is 1.39 bits per heavy atom. The molecule has 4 aliphatic rings. The lowest BCUT2D eigenvalue weighted by atomic mass is 9.92. The molecule has 0 radical (unpaired) electrons. The average molecular weight is 1060 g/mol. The molecule has 6 heterocycles. The number of rotatable bonds is 9. The van der Waals surface area contributed by atoms with Crippen molar-refractivity contribution in [3.63, 3.8) is 0 Å². The third-order valence-electron chi connectivity index (χ3n) is 15.7. The van der Waals surface area contributed by atoms with Gasteiger partial charge in [-0.15, -0.1) is 10.2 Å². The van der Waals surface area contributed by atoms with Crippen molar-refractivity contribution >= 4 is 51.2 Å². The summed E-state index contributed by atoms with van der Waals surface area (Å²) in [7, 11) is 3.69. The van der Waals surface area contributed by atoms with Crippen LogP contribution in [0.15, 0.2) is 72.8 Å². The molecule has 400 valence electrons. The minimum Gasteiger partial charge on any atom is -0.463 e. The second-order valence-corrected chi connectivity index (χ2v) is 20.7. The topological polar surface area (TPSA) is 184 Å². The van der Waals surface area contributed by atoms with Crippen LogP contribution in [0.2, 0.25) is 0 Å². The van der Waals surface area contributed by atoms with Gasteiger partial charge in [-0.1, -0.05) is 22.6 Å². The number of esters is 1. The second kappa shape index (κ2) is 20.6. The van der Waals surface area contributed by atoms with E-state index >= 15 is 0 Å². The number of halogens is 4. The lowest BCUT2D eigenvalue weighted by molar-refractivity contribution is -0.148. The van der Waals surface area contributed by atoms with Gasteiger partial charge in [0, 0.05) is 80.6 Å². The summed E-state index contributed by atoms with van der Waals surface area (Å²) in [5, 5.41) is 26.7. The first-order valence-corrected chi connectivity index (χ1v) is 26.2. The number of hydrogen-bond donors (Lipinski definition) is 1. The summed E-state index contributed by atoms with van der Waals surface area (Å²) in [6, 6.07) is 18.6. The molecule has 4 aromatic heterocycles. The van der Waals surface area contributed by atoms with E-state index in [1.807, 2.05) is 64.3 Å². The highest BCUT2D eigenvalue weighted by Crippen LogP contribution is 2.45. The van der Waals surface area contributed by atoms with Crippen molar-refractivity contribution in [2.24, 2.45) is 14.1 Å². The summed E-state index contributed by atoms with van der Waals surface area (Å²) in [5.41, 5.74) is 9.30. The van der Waals surface area contributed by atoms with E-state index in [9.17, 15) is 37.1 Å². The first-order valence-electron chi connectivity index (χ1n) is 26.2. The molecule has 2 amide bonds. The molecule has 17 nitrogen and oxygen atoms in total. The fourth-order valence-electron chi connectivity index (χ4n) is 12.2. The van der Waals surface area contributed by atoms with Gasteiger partial charge in [-0.2, -0.15) is 0 Å². The maximum Gasteiger partial charge on any atom is 0.302 e. The first kappa shape index (κ1) is 51.3. The molecular weight excluding hydrogens is 997 g/mol. The molecule has 0 bridgehead atoms. The first-order chi connectivity index (χ1) is 37.0. The highest BCUT2D eigenvalue weighted by Gasteiger charge is 2.41. The summed E-state index contributed by atoms with van der Waals surface area (Å²) < 4.78 is 69.1. The van der Waals surface area contributed by atoms with Gasteiger partial charge in [0.25, 0.3) is 0 Å². The van der Waals surface area contributed by atoms with Gasteiger partial charge in [-0.3, -0.25) is 14.4 Å². The molecule has 2 atom stereocenters. The quantitative estimate of drug-likeness (QED) is 0.107. The summed E-state index contributed by atoms with van der Waals surface area (Å²) in [6.07, 6.45) is 7.11. The molecular formula is C56H58F4N12O5. The number of aliphatic hydroxyl groups excluding tert-OH is 1. The zero-order valence-electron chi connectivity index (χ0n) is 43.3. The number of ether oxygens (including phenoxy) is 1. The molecule has 8 aromatic rings. The van der Waals surface area contributed by atoms with Crippen molar-refractivity contribution in [1.29, 1.82) is 0 Å². The van der Waals surface area contributed by atoms with E-state index in [1.54, 1.807) is 19.2 Å². The maximum absolute atomic E-state index is 14.2. The van der Waals surface area contributed by atoms with Crippen LogP contribution in [0.4, 0.5) is 28.9 Å². The number of benzene rings is 4. The van der Waals surface area contributed by atoms with Crippen LogP contribution < -0.4 is 9.80 Å². The van der Waals surface area contributed by atoms with E-state index < -0.39 is 35.4 Å². The van der Waals surface area contributed by atoms with Crippen molar-refractivity contribution in [3.05, 3.63) is 119 Å². The molecule has 0 unspecified atom stereocenters. The smallest absolute Gasteiger partial charge is 0.302 e. The van der Waals surface area contributed by atoms with Crippen molar-refractivity contribution < 1.29 is 41.8 Å². The highest BCUT2D eigenvalue weighted by molar-refractivity contribution is 5.97. The summed E-state index contributed by atoms with van der Waals surface area (Å²) in [4.78, 5) is 50.8. The highest BCUT2D eigenvalue weighted by atomic mass is 19.2. The van der Waals surface area contributed by atoms with Crippen LogP contribution in [0.1, 0.15) is 131 Å². The van der Waals surface area contributed by atoms with E-state index in [0.717, 1.165) is 125 Å². The number of amides is 2. The molecule has 2 aliphatic heterocycles. The van der Waals surface area contributed by atoms with Crippen molar-refractivity contribution in [2.45, 2.75) is 134 Å². The van der Waals surface area contributed by atoms with Crippen molar-refractivity contribution in [1.82, 2.24) is 49.1 Å². The van der Waals surface area contributed by atoms with Gasteiger partial charge in [0.1, 0.15) is 17.8 Å². The summed E-state index contributed by atoms with van der Waals surface area (Å²) in [5.74, 6) is -3.06. The van der Waals surface area contributed by atoms with Crippen LogP contribution in [0.5, 0.6) is 0 Å². The van der Waals surface area contributed by atoms with Crippen LogP contribution in [0.3, 0.4) is 0 Å². The molecule has 77 heavy (non-hydrogen) atoms. The summed E-state index contributed by atoms with van der Waals surface area (Å²) in [6.45, 7) is 5.24. The monoisotopic (exact) mass is 1050 g/mol. The molecule has 4 fully saturated rings. The van der Waals surface area contributed by atoms with Crippen molar-refractivity contribution in [2.75, 3.05) is 9.80 Å². The van der Waals surface area contributed by atoms with Gasteiger partial charge in [-0.05, 0) is 127 Å². The zero-order chi connectivity index (χ0) is 54.0. The van der Waals surface area contributed by atoms with E-state index in [4.69, 9.17) is 14.7 Å². The third kappa shape index (κ3) is 9.62. The zero-order valence-corrected chi connectivity index (χ0v) is 43.3. The number of aliphatic hydroxyl groups is 1. The van der Waals surface area contributed by atoms with Gasteiger partial charge in [0.2, 0.25) is 11.8 Å². The Kier molecular flexibility index (Phi) is 13.7. The average Bonchev–Trinajstić information content (AvgIpc) is 4.37. The van der Waals surface area contributed by atoms with Crippen LogP contribution in [0, 0.1) is 37.1 Å². The van der Waals surface area contributed by atoms with E-state index in [-0.39, 0.29) is 48.5 Å². The molecule has 1 N–H and O–H groups in total. The van der Waals surface area contributed by atoms with Gasteiger partial charge in [-0.25, -0.2) is 36.9 Å². The Balaban J connectivity index is 0.000000164. The number of anilines is 2. The maximum atomic E-state index is 14.2. The van der Waals surface area contributed by atoms with Crippen LogP contribution >= 0.6 is 0 Å². The molecule has 0 spiro atoms. The molecule has 12 rings (SSSR count). The predicted molar refractivity (Wildman–Crippen MR) is 277 cm³/mol. The van der Waals surface area contributed by atoms with Crippen LogP contribution in [-0.2, 0) is 33.2 Å². The number of hydrogen-bond acceptors (Lipinski definition) is 11. The Labute approximate surface area is 440 Å². The standard InChI is InChI=1S/C29H30F2N6O3.C27H28F2N6O2/c1-16-28(35(3)34-33-16)18-4-11-25-24(14-18)32-29(37(25)19-5-8-21(9-6-19)40-17(2)38)26-12-13-27(39)36(26)20-7-10-22(30)23(31)15-20;1-15-26(33(2)32-31-15)16-3-10-23-22(13-16)30-27(35(23)17-4-7-19(36)8-5-17)24-11-12-25(37)34(24)18-6-9-20(28)21(29)14-18/h4,7,10-11,14-15,19,21,26H,5-6,8-9,12-13H2,1-3H3;3,6,9-10,13-14,17,19,24,36H,4-5,7-8,11-12H2,1-2H3/t19?,21?,26-;17?,19?,24-/m00/s1. The van der Waals surface area contributed by atoms with Gasteiger partial charge in [0.05, 0.1) is 63.0 Å². The van der Waals surface area contributed by atoms with Gasteiger partial charge < -0.3 is 28.8 Å². The molecule has 2 saturated heterocycles. The number of carbonyl (C=O) groups excluding carboxylic acids is 3. The molecule has 21 heteroatoms. The molecule has 2 saturated carbocycles. The second-order valence-electron chi connectivity index (χ2n) is 20.7. The Bertz CT molecular complexity index is 3550. The normalized spacial score (nSPS) is 21.8. The van der Waals surface area contributed by atoms with E-state index in [2.05, 4.69) is 29.8 Å². The van der Waals surface area contributed by atoms with E-state index in [1.165, 1.54) is 19.1 Å². The lowest BCUT2D eigenvalue weighted by Crippen LogP contribution is -2.31. The summed E-state index contributed by atoms with van der Waals surface area (Å²) >= 11 is 0. The number of nitrogens with zero attached hydrogens (tertiary/aromatic N) is 12. The van der Waals surface area contributed by atoms with Gasteiger partial charge >= 0.3 is 5.97 Å².